The molecule has 0 aliphatic carbocycles. The van der Waals surface area contributed by atoms with Gasteiger partial charge in [0.15, 0.2) is 0 Å². The van der Waals surface area contributed by atoms with Crippen LogP contribution >= 0.6 is 0 Å². The number of carbonyl (C=O) groups excluding carboxylic acids is 1. The summed E-state index contributed by atoms with van der Waals surface area (Å²) < 4.78 is 30.0. The van der Waals surface area contributed by atoms with E-state index in [1.165, 1.54) is 0 Å². The van der Waals surface area contributed by atoms with E-state index in [0.29, 0.717) is 6.42 Å². The van der Waals surface area contributed by atoms with Gasteiger partial charge in [-0.15, -0.1) is 0 Å². The molecule has 7 nitrogen and oxygen atoms in total. The minimum Gasteiger partial charge on any atom is -0.481 e. The topological polar surface area (TPSA) is 121 Å². The molecule has 132 valence electrons. The van der Waals surface area contributed by atoms with Crippen molar-refractivity contribution in [3.63, 3.8) is 0 Å². The Morgan fingerprint density at radius 2 is 1.50 bits per heavy atom. The van der Waals surface area contributed by atoms with Crippen LogP contribution in [0, 0.1) is 11.8 Å². The average molecular weight is 339 g/mol. The molecule has 0 saturated carbocycles. The summed E-state index contributed by atoms with van der Waals surface area (Å²) in [5, 5.41) is 10.8. The second-order valence-corrected chi connectivity index (χ2v) is 7.51. The molecule has 0 aliphatic rings. The van der Waals surface area contributed by atoms with Gasteiger partial charge in [0.2, 0.25) is 5.91 Å². The molecular weight excluding hydrogens is 310 g/mol. The number of rotatable bonds is 7. The molecule has 0 aromatic rings. The average Bonchev–Trinajstić information content (AvgIpc) is 2.33. The van der Waals surface area contributed by atoms with Crippen molar-refractivity contribution in [3.05, 3.63) is 0 Å². The van der Waals surface area contributed by atoms with E-state index in [1.807, 2.05) is 13.8 Å². The molecule has 0 heterocycles. The number of amides is 1. The maximum absolute atomic E-state index is 11.5. The SMILES string of the molecule is CCC(C)C(=O)NC(C)(C)CS(=O)(=O)O.CCC(C)C(=O)O. The highest BCUT2D eigenvalue weighted by Gasteiger charge is 2.27. The summed E-state index contributed by atoms with van der Waals surface area (Å²) in [5.74, 6) is -1.73. The first-order valence-corrected chi connectivity index (χ1v) is 8.86. The Labute approximate surface area is 133 Å². The molecule has 3 N–H and O–H groups in total. The van der Waals surface area contributed by atoms with E-state index in [4.69, 9.17) is 9.66 Å². The van der Waals surface area contributed by atoms with Crippen molar-refractivity contribution >= 4 is 22.0 Å². The van der Waals surface area contributed by atoms with Crippen molar-refractivity contribution in [3.8, 4) is 0 Å². The van der Waals surface area contributed by atoms with Gasteiger partial charge in [-0.1, -0.05) is 27.7 Å². The molecule has 0 fully saturated rings. The number of aliphatic carboxylic acids is 1. The van der Waals surface area contributed by atoms with E-state index in [0.717, 1.165) is 6.42 Å². The maximum atomic E-state index is 11.5. The molecule has 0 spiro atoms. The summed E-state index contributed by atoms with van der Waals surface area (Å²) in [6.45, 7) is 10.3. The predicted octanol–water partition coefficient (Wildman–Crippen LogP) is 1.93. The second-order valence-electron chi connectivity index (χ2n) is 6.06. The first-order chi connectivity index (χ1) is 9.75. The van der Waals surface area contributed by atoms with Gasteiger partial charge in [0, 0.05) is 5.92 Å². The third-order valence-electron chi connectivity index (χ3n) is 3.10. The quantitative estimate of drug-likeness (QED) is 0.609. The van der Waals surface area contributed by atoms with Crippen LogP contribution in [0.2, 0.25) is 0 Å². The standard InChI is InChI=1S/C9H19NO4S.C5H10O2/c1-5-7(2)8(11)10-9(3,4)6-15(12,13)14;1-3-4(2)5(6)7/h7H,5-6H2,1-4H3,(H,10,11)(H,12,13,14);4H,3H2,1-2H3,(H,6,7). The number of carbonyl (C=O) groups is 2. The summed E-state index contributed by atoms with van der Waals surface area (Å²) in [6.07, 6.45) is 1.41. The van der Waals surface area contributed by atoms with Crippen LogP contribution in [0.4, 0.5) is 0 Å². The van der Waals surface area contributed by atoms with Crippen molar-refractivity contribution in [2.45, 2.75) is 59.9 Å². The zero-order chi connectivity index (χ0) is 18.1. The molecule has 0 bridgehead atoms. The van der Waals surface area contributed by atoms with Crippen LogP contribution in [0.5, 0.6) is 0 Å². The molecule has 2 unspecified atom stereocenters. The molecule has 0 saturated heterocycles. The van der Waals surface area contributed by atoms with E-state index >= 15 is 0 Å². The van der Waals surface area contributed by atoms with E-state index < -0.39 is 27.4 Å². The van der Waals surface area contributed by atoms with Crippen molar-refractivity contribution in [2.24, 2.45) is 11.8 Å². The number of nitrogens with one attached hydrogen (secondary N) is 1. The van der Waals surface area contributed by atoms with E-state index in [2.05, 4.69) is 5.32 Å². The van der Waals surface area contributed by atoms with Crippen LogP contribution in [-0.2, 0) is 19.7 Å². The van der Waals surface area contributed by atoms with Crippen molar-refractivity contribution in [1.29, 1.82) is 0 Å². The van der Waals surface area contributed by atoms with Crippen LogP contribution in [-0.4, -0.2) is 41.2 Å². The predicted molar refractivity (Wildman–Crippen MR) is 85.2 cm³/mol. The lowest BCUT2D eigenvalue weighted by Gasteiger charge is -2.26. The van der Waals surface area contributed by atoms with Crippen LogP contribution in [0.25, 0.3) is 0 Å². The van der Waals surface area contributed by atoms with Gasteiger partial charge >= 0.3 is 5.97 Å². The normalized spacial score (nSPS) is 14.3. The van der Waals surface area contributed by atoms with Gasteiger partial charge in [-0.3, -0.25) is 14.1 Å². The molecule has 1 amide bonds. The summed E-state index contributed by atoms with van der Waals surface area (Å²) >= 11 is 0. The fraction of sp³-hybridized carbons (Fsp3) is 0.857. The highest BCUT2D eigenvalue weighted by molar-refractivity contribution is 7.85. The van der Waals surface area contributed by atoms with Gasteiger partial charge in [0.05, 0.1) is 17.2 Å². The molecule has 0 radical (unpaired) electrons. The molecule has 2 atom stereocenters. The maximum Gasteiger partial charge on any atom is 0.306 e. The molecular formula is C14H29NO6S. The Kier molecular flexibility index (Phi) is 10.3. The summed E-state index contributed by atoms with van der Waals surface area (Å²) in [5.41, 5.74) is -0.950. The fourth-order valence-corrected chi connectivity index (χ4v) is 2.29. The number of hydrogen-bond acceptors (Lipinski definition) is 4. The van der Waals surface area contributed by atoms with Gasteiger partial charge in [0.1, 0.15) is 0 Å². The Hall–Kier alpha value is -1.15. The zero-order valence-corrected chi connectivity index (χ0v) is 15.0. The monoisotopic (exact) mass is 339 g/mol. The smallest absolute Gasteiger partial charge is 0.306 e. The molecule has 0 aromatic carbocycles. The zero-order valence-electron chi connectivity index (χ0n) is 14.2. The molecule has 22 heavy (non-hydrogen) atoms. The largest absolute Gasteiger partial charge is 0.481 e. The highest BCUT2D eigenvalue weighted by atomic mass is 32.2. The third-order valence-corrected chi connectivity index (χ3v) is 4.19. The Morgan fingerprint density at radius 1 is 1.09 bits per heavy atom. The van der Waals surface area contributed by atoms with Crippen LogP contribution in [0.1, 0.15) is 54.4 Å². The number of hydrogen-bond donors (Lipinski definition) is 3. The van der Waals surface area contributed by atoms with Gasteiger partial charge in [-0.25, -0.2) is 0 Å². The molecule has 0 rings (SSSR count). The fourth-order valence-electron chi connectivity index (χ4n) is 1.31. The van der Waals surface area contributed by atoms with Crippen LogP contribution < -0.4 is 5.32 Å². The van der Waals surface area contributed by atoms with Gasteiger partial charge in [0.25, 0.3) is 10.1 Å². The minimum atomic E-state index is -4.07. The Morgan fingerprint density at radius 3 is 1.73 bits per heavy atom. The van der Waals surface area contributed by atoms with Gasteiger partial charge < -0.3 is 10.4 Å². The molecule has 0 aliphatic heterocycles. The Balaban J connectivity index is 0. The molecule has 0 aromatic heterocycles. The van der Waals surface area contributed by atoms with Crippen LogP contribution in [0.3, 0.4) is 0 Å². The lowest BCUT2D eigenvalue weighted by Crippen LogP contribution is -2.49. The third kappa shape index (κ3) is 12.6. The summed E-state index contributed by atoms with van der Waals surface area (Å²) in [6, 6.07) is 0. The number of carboxylic acid groups (broad SMARTS) is 1. The lowest BCUT2D eigenvalue weighted by atomic mass is 10.0. The first kappa shape index (κ1) is 23.1. The van der Waals surface area contributed by atoms with E-state index in [1.54, 1.807) is 27.7 Å². The number of carboxylic acids is 1. The van der Waals surface area contributed by atoms with Gasteiger partial charge in [-0.2, -0.15) is 8.42 Å². The second kappa shape index (κ2) is 9.78. The minimum absolute atomic E-state index is 0.161. The summed E-state index contributed by atoms with van der Waals surface area (Å²) in [7, 11) is -4.07. The van der Waals surface area contributed by atoms with Crippen LogP contribution in [0.15, 0.2) is 0 Å². The van der Waals surface area contributed by atoms with Crippen molar-refractivity contribution in [2.75, 3.05) is 5.75 Å². The lowest BCUT2D eigenvalue weighted by molar-refractivity contribution is -0.141. The summed E-state index contributed by atoms with van der Waals surface area (Å²) in [4.78, 5) is 21.4. The van der Waals surface area contributed by atoms with Crippen molar-refractivity contribution < 1.29 is 27.7 Å². The van der Waals surface area contributed by atoms with E-state index in [-0.39, 0.29) is 17.7 Å². The Bertz CT molecular complexity index is 458. The van der Waals surface area contributed by atoms with Crippen molar-refractivity contribution in [1.82, 2.24) is 5.32 Å². The first-order valence-electron chi connectivity index (χ1n) is 7.25. The molecule has 8 heteroatoms. The van der Waals surface area contributed by atoms with Gasteiger partial charge in [-0.05, 0) is 26.7 Å². The highest BCUT2D eigenvalue weighted by Crippen LogP contribution is 2.09. The van der Waals surface area contributed by atoms with E-state index in [9.17, 15) is 18.0 Å².